The third-order valence-corrected chi connectivity index (χ3v) is 5.62. The smallest absolute Gasteiger partial charge is 0.328 e. The van der Waals surface area contributed by atoms with Gasteiger partial charge >= 0.3 is 11.9 Å². The van der Waals surface area contributed by atoms with Crippen LogP contribution >= 0.6 is 23.4 Å². The van der Waals surface area contributed by atoms with Crippen LogP contribution in [0.1, 0.15) is 12.8 Å². The van der Waals surface area contributed by atoms with E-state index in [1.54, 1.807) is 0 Å². The summed E-state index contributed by atoms with van der Waals surface area (Å²) >= 11 is 7.71. The average Bonchev–Trinajstić information content (AvgIpc) is 3.09. The van der Waals surface area contributed by atoms with Crippen molar-refractivity contribution in [3.05, 3.63) is 30.3 Å². The van der Waals surface area contributed by atoms with Crippen molar-refractivity contribution in [1.82, 2.24) is 4.90 Å². The molecular weight excluding hydrogens is 366 g/mol. The lowest BCUT2D eigenvalue weighted by Gasteiger charge is -2.29. The van der Waals surface area contributed by atoms with Gasteiger partial charge in [-0.3, -0.25) is 4.79 Å². The number of hydrogen-bond donors (Lipinski definition) is 0. The quantitative estimate of drug-likeness (QED) is 0.424. The van der Waals surface area contributed by atoms with Crippen LogP contribution in [0.2, 0.25) is 0 Å². The number of benzene rings is 1. The Morgan fingerprint density at radius 3 is 2.12 bits per heavy atom. The zero-order chi connectivity index (χ0) is 18.4. The Morgan fingerprint density at radius 2 is 1.64 bits per heavy atom. The Hall–Kier alpha value is -1.73. The summed E-state index contributed by atoms with van der Waals surface area (Å²) in [5.74, 6) is -1.25. The maximum absolute atomic E-state index is 12.8. The number of hydrogen-bond acceptors (Lipinski definition) is 6. The highest BCUT2D eigenvalue weighted by molar-refractivity contribution is 7.99. The van der Waals surface area contributed by atoms with E-state index in [1.165, 1.54) is 30.9 Å². The Bertz CT molecular complexity index is 603. The molecule has 2 rings (SSSR count). The number of thioether (sulfide) groups is 1. The van der Waals surface area contributed by atoms with Gasteiger partial charge in [-0.2, -0.15) is 0 Å². The van der Waals surface area contributed by atoms with Gasteiger partial charge in [0.1, 0.15) is 17.5 Å². The summed E-state index contributed by atoms with van der Waals surface area (Å²) in [6.45, 7) is 0. The number of ether oxygens (including phenoxy) is 2. The first-order chi connectivity index (χ1) is 12.0. The lowest BCUT2D eigenvalue weighted by Crippen LogP contribution is -2.51. The second-order valence-corrected chi connectivity index (χ2v) is 7.11. The molecule has 1 aliphatic rings. The van der Waals surface area contributed by atoms with Gasteiger partial charge < -0.3 is 14.4 Å². The molecular formula is C17H20ClNO5S. The molecule has 1 aromatic rings. The molecule has 1 amide bonds. The van der Waals surface area contributed by atoms with E-state index < -0.39 is 35.3 Å². The summed E-state index contributed by atoms with van der Waals surface area (Å²) in [4.78, 5) is 38.9. The van der Waals surface area contributed by atoms with Crippen LogP contribution in [0.5, 0.6) is 0 Å². The number of alkyl halides is 1. The van der Waals surface area contributed by atoms with Gasteiger partial charge in [-0.1, -0.05) is 18.2 Å². The highest BCUT2D eigenvalue weighted by Gasteiger charge is 2.46. The fourth-order valence-corrected chi connectivity index (χ4v) is 3.90. The standard InChI is InChI=1S/C17H20ClNO5S/c1-23-16(21)13-8-9-14(17(22)24-2)19(13)15(20)12(18)10-25-11-6-4-3-5-7-11/h3-7,12-14H,8-10H2,1-2H3/t12-,13+,14+/m1/s1. The predicted octanol–water partition coefficient (Wildman–Crippen LogP) is 2.09. The Morgan fingerprint density at radius 1 is 1.12 bits per heavy atom. The van der Waals surface area contributed by atoms with E-state index in [4.69, 9.17) is 21.1 Å². The summed E-state index contributed by atoms with van der Waals surface area (Å²) in [5, 5.41) is -0.873. The molecule has 3 atom stereocenters. The summed E-state index contributed by atoms with van der Waals surface area (Å²) in [7, 11) is 2.50. The van der Waals surface area contributed by atoms with Gasteiger partial charge in [0.25, 0.3) is 0 Å². The van der Waals surface area contributed by atoms with Crippen LogP contribution < -0.4 is 0 Å². The third-order valence-electron chi connectivity index (χ3n) is 3.99. The number of halogens is 1. The molecule has 8 heteroatoms. The molecule has 25 heavy (non-hydrogen) atoms. The van der Waals surface area contributed by atoms with Gasteiger partial charge in [0.2, 0.25) is 5.91 Å². The zero-order valence-electron chi connectivity index (χ0n) is 14.0. The van der Waals surface area contributed by atoms with E-state index in [2.05, 4.69) is 0 Å². The number of methoxy groups -OCH3 is 2. The maximum Gasteiger partial charge on any atom is 0.328 e. The average molecular weight is 386 g/mol. The van der Waals surface area contributed by atoms with Crippen molar-refractivity contribution in [3.63, 3.8) is 0 Å². The molecule has 0 spiro atoms. The fourth-order valence-electron chi connectivity index (χ4n) is 2.77. The van der Waals surface area contributed by atoms with Crippen LogP contribution in [-0.2, 0) is 23.9 Å². The van der Waals surface area contributed by atoms with Crippen molar-refractivity contribution in [2.75, 3.05) is 20.0 Å². The Labute approximate surface area is 155 Å². The predicted molar refractivity (Wildman–Crippen MR) is 94.5 cm³/mol. The molecule has 0 radical (unpaired) electrons. The van der Waals surface area contributed by atoms with E-state index in [9.17, 15) is 14.4 Å². The van der Waals surface area contributed by atoms with Crippen molar-refractivity contribution >= 4 is 41.2 Å². The normalized spacial score (nSPS) is 20.8. The summed E-state index contributed by atoms with van der Waals surface area (Å²) in [6.07, 6.45) is 0.682. The Balaban J connectivity index is 2.10. The van der Waals surface area contributed by atoms with E-state index in [-0.39, 0.29) is 0 Å². The first-order valence-electron chi connectivity index (χ1n) is 7.79. The molecule has 1 heterocycles. The molecule has 136 valence electrons. The number of carbonyl (C=O) groups excluding carboxylic acids is 3. The number of likely N-dealkylation sites (tertiary alicyclic amines) is 1. The molecule has 0 N–H and O–H groups in total. The van der Waals surface area contributed by atoms with Crippen LogP contribution in [0.25, 0.3) is 0 Å². The van der Waals surface area contributed by atoms with Gasteiger partial charge in [-0.05, 0) is 25.0 Å². The van der Waals surface area contributed by atoms with Gasteiger partial charge in [0.15, 0.2) is 0 Å². The second-order valence-electron chi connectivity index (χ2n) is 5.49. The van der Waals surface area contributed by atoms with E-state index in [0.717, 1.165) is 4.90 Å². The minimum absolute atomic E-state index is 0.322. The minimum atomic E-state index is -0.873. The molecule has 1 aromatic carbocycles. The van der Waals surface area contributed by atoms with Crippen molar-refractivity contribution in [2.24, 2.45) is 0 Å². The summed E-state index contributed by atoms with van der Waals surface area (Å²) < 4.78 is 9.50. The second kappa shape index (κ2) is 9.10. The topological polar surface area (TPSA) is 72.9 Å². The van der Waals surface area contributed by atoms with E-state index in [0.29, 0.717) is 18.6 Å². The molecule has 6 nitrogen and oxygen atoms in total. The van der Waals surface area contributed by atoms with Crippen LogP contribution in [0.4, 0.5) is 0 Å². The van der Waals surface area contributed by atoms with E-state index >= 15 is 0 Å². The minimum Gasteiger partial charge on any atom is -0.467 e. The Kier molecular flexibility index (Phi) is 7.13. The van der Waals surface area contributed by atoms with Crippen LogP contribution in [-0.4, -0.2) is 60.2 Å². The lowest BCUT2D eigenvalue weighted by atomic mass is 10.2. The van der Waals surface area contributed by atoms with Gasteiger partial charge in [-0.25, -0.2) is 9.59 Å². The zero-order valence-corrected chi connectivity index (χ0v) is 15.6. The first kappa shape index (κ1) is 19.6. The first-order valence-corrected chi connectivity index (χ1v) is 9.21. The highest BCUT2D eigenvalue weighted by atomic mass is 35.5. The van der Waals surface area contributed by atoms with Crippen molar-refractivity contribution in [1.29, 1.82) is 0 Å². The SMILES string of the molecule is COC(=O)[C@@H]1CC[C@@H](C(=O)OC)N1C(=O)[C@H](Cl)CSc1ccccc1. The van der Waals surface area contributed by atoms with Crippen molar-refractivity contribution in [2.45, 2.75) is 35.2 Å². The largest absolute Gasteiger partial charge is 0.467 e. The van der Waals surface area contributed by atoms with Gasteiger partial charge in [-0.15, -0.1) is 23.4 Å². The van der Waals surface area contributed by atoms with Crippen LogP contribution in [0.15, 0.2) is 35.2 Å². The van der Waals surface area contributed by atoms with Crippen molar-refractivity contribution in [3.8, 4) is 0 Å². The molecule has 0 saturated carbocycles. The third kappa shape index (κ3) is 4.67. The number of esters is 2. The van der Waals surface area contributed by atoms with Gasteiger partial charge in [0.05, 0.1) is 14.2 Å². The lowest BCUT2D eigenvalue weighted by molar-refractivity contribution is -0.157. The molecule has 0 bridgehead atoms. The molecule has 0 unspecified atom stereocenters. The fraction of sp³-hybridized carbons (Fsp3) is 0.471. The molecule has 0 aliphatic carbocycles. The summed E-state index contributed by atoms with van der Waals surface area (Å²) in [6, 6.07) is 7.91. The number of nitrogens with zero attached hydrogens (tertiary/aromatic N) is 1. The molecule has 1 saturated heterocycles. The number of amides is 1. The molecule has 1 fully saturated rings. The van der Waals surface area contributed by atoms with Crippen LogP contribution in [0.3, 0.4) is 0 Å². The number of rotatable bonds is 6. The highest BCUT2D eigenvalue weighted by Crippen LogP contribution is 2.29. The van der Waals surface area contributed by atoms with Crippen molar-refractivity contribution < 1.29 is 23.9 Å². The maximum atomic E-state index is 12.8. The monoisotopic (exact) mass is 385 g/mol. The van der Waals surface area contributed by atoms with Crippen LogP contribution in [0, 0.1) is 0 Å². The number of carbonyl (C=O) groups is 3. The molecule has 0 aromatic heterocycles. The summed E-state index contributed by atoms with van der Waals surface area (Å²) in [5.41, 5.74) is 0. The van der Waals surface area contributed by atoms with Gasteiger partial charge in [0, 0.05) is 10.6 Å². The van der Waals surface area contributed by atoms with E-state index in [1.807, 2.05) is 30.3 Å². The molecule has 1 aliphatic heterocycles.